The van der Waals surface area contributed by atoms with Gasteiger partial charge in [0.2, 0.25) is 5.91 Å². The van der Waals surface area contributed by atoms with Crippen LogP contribution in [0.25, 0.3) is 0 Å². The molecule has 0 rings (SSSR count). The lowest BCUT2D eigenvalue weighted by molar-refractivity contribution is -0.870. The van der Waals surface area contributed by atoms with E-state index in [4.69, 9.17) is 9.05 Å². The van der Waals surface area contributed by atoms with Crippen molar-refractivity contribution in [2.75, 3.05) is 40.9 Å². The molecule has 1 amide bonds. The SMILES string of the molecule is CC/C=C\C/C=C\C/C=C\C/C=C\CCCCCCCCCCCCCCCCCCCCCCCCCCCCCCC(=O)NC(COP(=O)([O-])OCC[N+](C)(C)C)C(O)/C=C/CCCCCCCCCCCCCCCCCCC. The molecule has 0 aliphatic carbocycles. The summed E-state index contributed by atoms with van der Waals surface area (Å²) in [6, 6.07) is -0.886. The number of carbonyl (C=O) groups is 1. The van der Waals surface area contributed by atoms with E-state index in [0.29, 0.717) is 17.4 Å². The molecule has 3 unspecified atom stereocenters. The Morgan fingerprint density at radius 2 is 0.744 bits per heavy atom. The third kappa shape index (κ3) is 65.7. The number of phosphoric acid groups is 1. The van der Waals surface area contributed by atoms with Gasteiger partial charge in [0, 0.05) is 6.42 Å². The van der Waals surface area contributed by atoms with Crippen molar-refractivity contribution < 1.29 is 32.9 Å². The summed E-state index contributed by atoms with van der Waals surface area (Å²) in [6.07, 6.45) is 87.9. The first-order valence-electron chi connectivity index (χ1n) is 35.7. The van der Waals surface area contributed by atoms with Crippen LogP contribution in [-0.4, -0.2) is 68.5 Å². The van der Waals surface area contributed by atoms with Crippen LogP contribution in [-0.2, 0) is 18.4 Å². The van der Waals surface area contributed by atoms with Gasteiger partial charge in [-0.2, -0.15) is 0 Å². The van der Waals surface area contributed by atoms with Gasteiger partial charge in [-0.1, -0.05) is 344 Å². The van der Waals surface area contributed by atoms with E-state index in [0.717, 1.165) is 64.2 Å². The third-order valence-electron chi connectivity index (χ3n) is 16.2. The lowest BCUT2D eigenvalue weighted by Crippen LogP contribution is -2.45. The zero-order chi connectivity index (χ0) is 59.8. The lowest BCUT2D eigenvalue weighted by Gasteiger charge is -2.29. The summed E-state index contributed by atoms with van der Waals surface area (Å²) in [5.41, 5.74) is 0. The van der Waals surface area contributed by atoms with Gasteiger partial charge in [0.15, 0.2) is 0 Å². The van der Waals surface area contributed by atoms with Gasteiger partial charge in [-0.25, -0.2) is 0 Å². The molecule has 0 aromatic rings. The summed E-state index contributed by atoms with van der Waals surface area (Å²) >= 11 is 0. The monoisotopic (exact) mass is 1170 g/mol. The quantitative estimate of drug-likeness (QED) is 0.0272. The molecule has 2 N–H and O–H groups in total. The van der Waals surface area contributed by atoms with E-state index in [1.807, 2.05) is 27.2 Å². The average Bonchev–Trinajstić information content (AvgIpc) is 3.47. The molecule has 8 nitrogen and oxygen atoms in total. The second-order valence-corrected chi connectivity index (χ2v) is 27.0. The van der Waals surface area contributed by atoms with Crippen LogP contribution in [0.3, 0.4) is 0 Å². The topological polar surface area (TPSA) is 108 Å². The molecule has 0 fully saturated rings. The van der Waals surface area contributed by atoms with Crippen molar-refractivity contribution in [2.24, 2.45) is 0 Å². The highest BCUT2D eigenvalue weighted by atomic mass is 31.2. The number of nitrogens with one attached hydrogen (secondary N) is 1. The minimum atomic E-state index is -4.60. The van der Waals surface area contributed by atoms with Gasteiger partial charge in [-0.05, 0) is 57.8 Å². The Morgan fingerprint density at radius 3 is 1.09 bits per heavy atom. The van der Waals surface area contributed by atoms with Crippen LogP contribution in [0.1, 0.15) is 348 Å². The molecule has 9 heteroatoms. The van der Waals surface area contributed by atoms with Gasteiger partial charge in [0.1, 0.15) is 13.2 Å². The predicted octanol–water partition coefficient (Wildman–Crippen LogP) is 22.1. The Kier molecular flexibility index (Phi) is 62.3. The highest BCUT2D eigenvalue weighted by Crippen LogP contribution is 2.38. The van der Waals surface area contributed by atoms with Crippen molar-refractivity contribution >= 4 is 13.7 Å². The number of amides is 1. The Hall–Kier alpha value is -1.80. The van der Waals surface area contributed by atoms with Crippen LogP contribution in [0.2, 0.25) is 0 Å². The summed E-state index contributed by atoms with van der Waals surface area (Å²) in [6.45, 7) is 4.58. The molecule has 0 saturated carbocycles. The van der Waals surface area contributed by atoms with Gasteiger partial charge in [-0.15, -0.1) is 0 Å². The first-order valence-corrected chi connectivity index (χ1v) is 37.1. The zero-order valence-corrected chi connectivity index (χ0v) is 56.1. The molecule has 0 radical (unpaired) electrons. The Balaban J connectivity index is 3.90. The number of rotatable bonds is 66. The van der Waals surface area contributed by atoms with Crippen LogP contribution in [0, 0.1) is 0 Å². The summed E-state index contributed by atoms with van der Waals surface area (Å²) in [4.78, 5) is 25.6. The van der Waals surface area contributed by atoms with Gasteiger partial charge < -0.3 is 28.8 Å². The number of hydrogen-bond acceptors (Lipinski definition) is 6. The van der Waals surface area contributed by atoms with Crippen LogP contribution in [0.5, 0.6) is 0 Å². The summed E-state index contributed by atoms with van der Waals surface area (Å²) in [5, 5.41) is 13.9. The van der Waals surface area contributed by atoms with Crippen molar-refractivity contribution in [3.63, 3.8) is 0 Å². The Bertz CT molecular complexity index is 1520. The van der Waals surface area contributed by atoms with E-state index in [1.54, 1.807) is 6.08 Å². The van der Waals surface area contributed by atoms with Gasteiger partial charge in [0.05, 0.1) is 39.9 Å². The lowest BCUT2D eigenvalue weighted by atomic mass is 10.0. The minimum Gasteiger partial charge on any atom is -0.756 e. The predicted molar refractivity (Wildman–Crippen MR) is 357 cm³/mol. The smallest absolute Gasteiger partial charge is 0.268 e. The molecule has 0 bridgehead atoms. The number of phosphoric ester groups is 1. The van der Waals surface area contributed by atoms with Gasteiger partial charge in [-0.3, -0.25) is 9.36 Å². The van der Waals surface area contributed by atoms with Crippen LogP contribution in [0.4, 0.5) is 0 Å². The molecule has 3 atom stereocenters. The Labute approximate surface area is 511 Å². The fourth-order valence-electron chi connectivity index (χ4n) is 10.7. The number of quaternary nitrogens is 1. The summed E-state index contributed by atoms with van der Waals surface area (Å²) in [7, 11) is 1.28. The molecule has 482 valence electrons. The fraction of sp³-hybridized carbons (Fsp3) is 0.849. The number of carbonyl (C=O) groups excluding carboxylic acids is 1. The van der Waals surface area contributed by atoms with E-state index < -0.39 is 20.0 Å². The number of nitrogens with zero attached hydrogens (tertiary/aromatic N) is 1. The normalized spacial score (nSPS) is 14.0. The number of aliphatic hydroxyl groups is 1. The van der Waals surface area contributed by atoms with Crippen molar-refractivity contribution in [2.45, 2.75) is 360 Å². The Morgan fingerprint density at radius 1 is 0.439 bits per heavy atom. The second-order valence-electron chi connectivity index (χ2n) is 25.6. The molecule has 0 saturated heterocycles. The van der Waals surface area contributed by atoms with Crippen molar-refractivity contribution in [1.82, 2.24) is 5.32 Å². The maximum absolute atomic E-state index is 13.0. The fourth-order valence-corrected chi connectivity index (χ4v) is 11.5. The first kappa shape index (κ1) is 80.2. The first-order chi connectivity index (χ1) is 40.0. The largest absolute Gasteiger partial charge is 0.756 e. The second kappa shape index (κ2) is 63.7. The van der Waals surface area contributed by atoms with Crippen LogP contribution < -0.4 is 10.2 Å². The highest BCUT2D eigenvalue weighted by Gasteiger charge is 2.23. The van der Waals surface area contributed by atoms with E-state index in [-0.39, 0.29) is 19.1 Å². The number of unbranched alkanes of at least 4 members (excludes halogenated alkanes) is 45. The molecule has 0 aromatic carbocycles. The number of likely N-dealkylation sites (N-methyl/N-ethyl adjacent to an activating group) is 1. The molecule has 0 aliphatic heterocycles. The maximum atomic E-state index is 13.0. The molecule has 0 heterocycles. The molecule has 0 aliphatic rings. The minimum absolute atomic E-state index is 0.000797. The molecular formula is C73H139N2O6P. The standard InChI is InChI=1S/C73H139N2O6P/c1-6-8-10-12-14-16-18-20-22-24-26-27-28-29-30-31-32-33-34-35-36-37-38-39-40-41-42-43-44-45-46-47-49-51-53-55-57-59-61-63-65-67-73(77)74-71(70-81-82(78,79)80-69-68-75(3,4)5)72(76)66-64-62-60-58-56-54-52-50-48-25-23-21-19-17-15-13-11-9-7-2/h8,10,14,16,20,22,26-27,64,66,71-72,76H,6-7,9,11-13,15,17-19,21,23-25,28-63,65,67-70H2,1-5H3,(H-,74,77,78,79)/b10-8-,16-14-,22-20-,27-26-,66-64+. The summed E-state index contributed by atoms with van der Waals surface area (Å²) in [5.74, 6) is -0.190. The number of aliphatic hydroxyl groups excluding tert-OH is 1. The van der Waals surface area contributed by atoms with E-state index >= 15 is 0 Å². The molecule has 0 spiro atoms. The maximum Gasteiger partial charge on any atom is 0.268 e. The van der Waals surface area contributed by atoms with E-state index in [2.05, 4.69) is 67.8 Å². The van der Waals surface area contributed by atoms with Gasteiger partial charge in [0.25, 0.3) is 7.82 Å². The van der Waals surface area contributed by atoms with Gasteiger partial charge >= 0.3 is 0 Å². The van der Waals surface area contributed by atoms with Crippen molar-refractivity contribution in [1.29, 1.82) is 0 Å². The number of allylic oxidation sites excluding steroid dienone is 9. The average molecular weight is 1170 g/mol. The molecular weight excluding hydrogens is 1030 g/mol. The highest BCUT2D eigenvalue weighted by molar-refractivity contribution is 7.45. The van der Waals surface area contributed by atoms with Crippen LogP contribution in [0.15, 0.2) is 60.8 Å². The zero-order valence-electron chi connectivity index (χ0n) is 55.2. The molecule has 0 aromatic heterocycles. The van der Waals surface area contributed by atoms with Crippen molar-refractivity contribution in [3.8, 4) is 0 Å². The summed E-state index contributed by atoms with van der Waals surface area (Å²) < 4.78 is 23.4. The van der Waals surface area contributed by atoms with E-state index in [1.165, 1.54) is 263 Å². The number of hydrogen-bond donors (Lipinski definition) is 2. The van der Waals surface area contributed by atoms with E-state index in [9.17, 15) is 19.4 Å². The van der Waals surface area contributed by atoms with Crippen molar-refractivity contribution in [3.05, 3.63) is 60.8 Å². The third-order valence-corrected chi connectivity index (χ3v) is 17.2. The van der Waals surface area contributed by atoms with Crippen LogP contribution >= 0.6 is 7.82 Å². The molecule has 82 heavy (non-hydrogen) atoms.